The van der Waals surface area contributed by atoms with Crippen molar-refractivity contribution in [2.45, 2.75) is 25.5 Å². The van der Waals surface area contributed by atoms with Gasteiger partial charge in [0.05, 0.1) is 11.0 Å². The second-order valence-electron chi connectivity index (χ2n) is 4.24. The molecule has 1 atom stereocenters. The highest BCUT2D eigenvalue weighted by Gasteiger charge is 2.19. The molecule has 0 fully saturated rings. The third-order valence-electron chi connectivity index (χ3n) is 2.93. The van der Waals surface area contributed by atoms with E-state index in [1.165, 1.54) is 12.1 Å². The van der Waals surface area contributed by atoms with Crippen LogP contribution in [0.15, 0.2) is 24.3 Å². The molecule has 0 spiro atoms. The van der Waals surface area contributed by atoms with Gasteiger partial charge in [-0.3, -0.25) is 0 Å². The maximum Gasteiger partial charge on any atom is 0.339 e. The predicted octanol–water partition coefficient (Wildman–Crippen LogP) is 1.98. The average Bonchev–Trinajstić information content (AvgIpc) is 2.37. The molecule has 6 heteroatoms. The van der Waals surface area contributed by atoms with E-state index in [-0.39, 0.29) is 23.7 Å². The summed E-state index contributed by atoms with van der Waals surface area (Å²) < 4.78 is 28.8. The second-order valence-corrected chi connectivity index (χ2v) is 6.77. The highest BCUT2D eigenvalue weighted by molar-refractivity contribution is 7.92. The lowest BCUT2D eigenvalue weighted by Crippen LogP contribution is -2.24. The van der Waals surface area contributed by atoms with Crippen LogP contribution in [-0.2, 0) is 9.84 Å². The van der Waals surface area contributed by atoms with Crippen molar-refractivity contribution in [3.63, 3.8) is 0 Å². The van der Waals surface area contributed by atoms with Crippen LogP contribution in [-0.4, -0.2) is 37.1 Å². The van der Waals surface area contributed by atoms with Crippen LogP contribution in [0.5, 0.6) is 5.75 Å². The normalized spacial score (nSPS) is 12.9. The van der Waals surface area contributed by atoms with E-state index in [4.69, 9.17) is 9.84 Å². The zero-order chi connectivity index (χ0) is 14.5. The van der Waals surface area contributed by atoms with Crippen LogP contribution < -0.4 is 4.74 Å². The summed E-state index contributed by atoms with van der Waals surface area (Å²) in [5.41, 5.74) is 0.0310. The Kier molecular flexibility index (Phi) is 5.35. The van der Waals surface area contributed by atoms with Gasteiger partial charge >= 0.3 is 5.97 Å². The van der Waals surface area contributed by atoms with E-state index >= 15 is 0 Å². The van der Waals surface area contributed by atoms with Crippen molar-refractivity contribution in [1.29, 1.82) is 0 Å². The number of rotatable bonds is 7. The summed E-state index contributed by atoms with van der Waals surface area (Å²) in [7, 11) is -3.19. The smallest absolute Gasteiger partial charge is 0.339 e. The fourth-order valence-corrected chi connectivity index (χ4v) is 2.72. The lowest BCUT2D eigenvalue weighted by molar-refractivity contribution is 0.0692. The molecule has 1 unspecified atom stereocenters. The van der Waals surface area contributed by atoms with E-state index in [1.807, 2.05) is 6.92 Å². The molecule has 1 aromatic carbocycles. The van der Waals surface area contributed by atoms with Crippen LogP contribution in [0.1, 0.15) is 30.6 Å². The lowest BCUT2D eigenvalue weighted by atomic mass is 10.2. The Morgan fingerprint density at radius 3 is 2.58 bits per heavy atom. The number of carbonyl (C=O) groups is 1. The summed E-state index contributed by atoms with van der Waals surface area (Å²) >= 11 is 0. The molecule has 0 amide bonds. The zero-order valence-corrected chi connectivity index (χ0v) is 11.8. The molecule has 19 heavy (non-hydrogen) atoms. The molecule has 106 valence electrons. The Balaban J connectivity index is 2.67. The van der Waals surface area contributed by atoms with Crippen molar-refractivity contribution in [3.05, 3.63) is 29.8 Å². The molecule has 0 aromatic heterocycles. The van der Waals surface area contributed by atoms with Gasteiger partial charge in [-0.05, 0) is 25.5 Å². The van der Waals surface area contributed by atoms with Crippen LogP contribution in [0.25, 0.3) is 0 Å². The number of para-hydroxylation sites is 1. The molecule has 0 aliphatic carbocycles. The molecule has 0 aliphatic rings. The first-order chi connectivity index (χ1) is 8.88. The minimum atomic E-state index is -3.19. The monoisotopic (exact) mass is 286 g/mol. The van der Waals surface area contributed by atoms with Crippen LogP contribution >= 0.6 is 0 Å². The van der Waals surface area contributed by atoms with E-state index in [0.717, 1.165) is 0 Å². The maximum absolute atomic E-state index is 11.8. The van der Waals surface area contributed by atoms with Crippen molar-refractivity contribution in [3.8, 4) is 5.75 Å². The van der Waals surface area contributed by atoms with Crippen LogP contribution in [0.4, 0.5) is 0 Å². The highest BCUT2D eigenvalue weighted by atomic mass is 32.2. The molecular formula is C13H18O5S. The fraction of sp³-hybridized carbons (Fsp3) is 0.462. The quantitative estimate of drug-likeness (QED) is 0.829. The Labute approximate surface area is 113 Å². The number of hydrogen-bond donors (Lipinski definition) is 1. The Hall–Kier alpha value is -1.56. The van der Waals surface area contributed by atoms with Crippen molar-refractivity contribution >= 4 is 15.8 Å². The Morgan fingerprint density at radius 1 is 1.37 bits per heavy atom. The second kappa shape index (κ2) is 6.56. The van der Waals surface area contributed by atoms with E-state index in [2.05, 4.69) is 0 Å². The summed E-state index contributed by atoms with van der Waals surface area (Å²) in [6.45, 7) is 3.42. The molecule has 0 saturated carbocycles. The van der Waals surface area contributed by atoms with E-state index in [1.54, 1.807) is 19.1 Å². The molecule has 1 rings (SSSR count). The van der Waals surface area contributed by atoms with Gasteiger partial charge in [-0.15, -0.1) is 0 Å². The predicted molar refractivity (Wildman–Crippen MR) is 72.4 cm³/mol. The third-order valence-corrected chi connectivity index (χ3v) is 5.23. The zero-order valence-electron chi connectivity index (χ0n) is 11.0. The first-order valence-electron chi connectivity index (χ1n) is 6.05. The van der Waals surface area contributed by atoms with Gasteiger partial charge in [-0.2, -0.15) is 0 Å². The van der Waals surface area contributed by atoms with Crippen LogP contribution in [0, 0.1) is 0 Å². The number of carboxylic acid groups (broad SMARTS) is 1. The first kappa shape index (κ1) is 15.5. The summed E-state index contributed by atoms with van der Waals surface area (Å²) in [4.78, 5) is 10.9. The summed E-state index contributed by atoms with van der Waals surface area (Å²) in [6, 6.07) is 6.16. The van der Waals surface area contributed by atoms with E-state index in [9.17, 15) is 13.2 Å². The van der Waals surface area contributed by atoms with Gasteiger partial charge in [-0.25, -0.2) is 13.2 Å². The Bertz CT molecular complexity index is 536. The van der Waals surface area contributed by atoms with Crippen molar-refractivity contribution in [1.82, 2.24) is 0 Å². The average molecular weight is 286 g/mol. The van der Waals surface area contributed by atoms with Gasteiger partial charge in [-0.1, -0.05) is 19.1 Å². The van der Waals surface area contributed by atoms with Gasteiger partial charge in [0.1, 0.15) is 17.9 Å². The number of sulfone groups is 1. The Morgan fingerprint density at radius 2 is 2.00 bits per heavy atom. The largest absolute Gasteiger partial charge is 0.492 e. The molecule has 0 saturated heterocycles. The van der Waals surface area contributed by atoms with E-state index < -0.39 is 21.1 Å². The molecule has 0 aliphatic heterocycles. The summed E-state index contributed by atoms with van der Waals surface area (Å²) in [6.07, 6.45) is 0.550. The van der Waals surface area contributed by atoms with Gasteiger partial charge in [0.15, 0.2) is 9.84 Å². The van der Waals surface area contributed by atoms with Gasteiger partial charge < -0.3 is 9.84 Å². The molecule has 1 N–H and O–H groups in total. The summed E-state index contributed by atoms with van der Waals surface area (Å²) in [5.74, 6) is -1.02. The van der Waals surface area contributed by atoms with E-state index in [0.29, 0.717) is 6.42 Å². The number of benzene rings is 1. The van der Waals surface area contributed by atoms with Crippen molar-refractivity contribution in [2.24, 2.45) is 0 Å². The fourth-order valence-electron chi connectivity index (χ4n) is 1.49. The third kappa shape index (κ3) is 4.24. The van der Waals surface area contributed by atoms with Gasteiger partial charge in [0.25, 0.3) is 0 Å². The SMILES string of the molecule is CCC(C)S(=O)(=O)CCOc1ccccc1C(=O)O. The van der Waals surface area contributed by atoms with Crippen LogP contribution in [0.3, 0.4) is 0 Å². The van der Waals surface area contributed by atoms with Crippen LogP contribution in [0.2, 0.25) is 0 Å². The lowest BCUT2D eigenvalue weighted by Gasteiger charge is -2.12. The summed E-state index contributed by atoms with van der Waals surface area (Å²) in [5, 5.41) is 8.54. The number of ether oxygens (including phenoxy) is 1. The van der Waals surface area contributed by atoms with Crippen molar-refractivity contribution < 1.29 is 23.1 Å². The minimum Gasteiger partial charge on any atom is -0.492 e. The highest BCUT2D eigenvalue weighted by Crippen LogP contribution is 2.18. The standard InChI is InChI=1S/C13H18O5S/c1-3-10(2)19(16,17)9-8-18-12-7-5-4-6-11(12)13(14)15/h4-7,10H,3,8-9H2,1-2H3,(H,14,15). The van der Waals surface area contributed by atoms with Crippen molar-refractivity contribution in [2.75, 3.05) is 12.4 Å². The molecule has 0 radical (unpaired) electrons. The molecule has 0 heterocycles. The number of hydrogen-bond acceptors (Lipinski definition) is 4. The minimum absolute atomic E-state index is 0.0310. The molecular weight excluding hydrogens is 268 g/mol. The molecule has 0 bridgehead atoms. The van der Waals surface area contributed by atoms with Gasteiger partial charge in [0, 0.05) is 0 Å². The number of carboxylic acids is 1. The molecule has 1 aromatic rings. The van der Waals surface area contributed by atoms with Gasteiger partial charge in [0.2, 0.25) is 0 Å². The first-order valence-corrected chi connectivity index (χ1v) is 7.76. The topological polar surface area (TPSA) is 80.7 Å². The maximum atomic E-state index is 11.8. The number of aromatic carboxylic acids is 1. The molecule has 5 nitrogen and oxygen atoms in total.